The molecule has 0 radical (unpaired) electrons. The lowest BCUT2D eigenvalue weighted by Gasteiger charge is -2.31. The molecule has 0 saturated carbocycles. The first-order valence-corrected chi connectivity index (χ1v) is 9.58. The van der Waals surface area contributed by atoms with Crippen molar-refractivity contribution < 1.29 is 8.82 Å². The smallest absolute Gasteiger partial charge is 0.241 e. The minimum Gasteiger partial charge on any atom is -0.548 e. The van der Waals surface area contributed by atoms with Crippen LogP contribution in [-0.4, -0.2) is 32.3 Å². The quantitative estimate of drug-likeness (QED) is 0.555. The second kappa shape index (κ2) is 5.82. The Hall–Kier alpha value is -0.353. The summed E-state index contributed by atoms with van der Waals surface area (Å²) in [5.74, 6) is -0.135. The van der Waals surface area contributed by atoms with Gasteiger partial charge in [-0.1, -0.05) is 6.42 Å². The first-order valence-electron chi connectivity index (χ1n) is 6.17. The van der Waals surface area contributed by atoms with E-state index in [1.165, 1.54) is 25.5 Å². The highest BCUT2D eigenvalue weighted by Gasteiger charge is 2.21. The fourth-order valence-electron chi connectivity index (χ4n) is 1.81. The molecule has 1 aliphatic heterocycles. The molecule has 1 unspecified atom stereocenters. The van der Waals surface area contributed by atoms with Gasteiger partial charge in [0.05, 0.1) is 12.3 Å². The van der Waals surface area contributed by atoms with Gasteiger partial charge in [0, 0.05) is 0 Å². The highest BCUT2D eigenvalue weighted by molar-refractivity contribution is 6.69. The zero-order chi connectivity index (χ0) is 12.2. The second-order valence-corrected chi connectivity index (χ2v) is 9.97. The molecule has 0 aromatic carbocycles. The van der Waals surface area contributed by atoms with E-state index in [1.807, 2.05) is 6.92 Å². The van der Waals surface area contributed by atoms with E-state index in [-0.39, 0.29) is 11.9 Å². The van der Waals surface area contributed by atoms with E-state index in [2.05, 4.69) is 24.5 Å². The standard InChI is InChI=1S/C12H24FNOSi/c1-11(14-8-6-5-7-9-14)12(13)10-15-16(2,3)4/h10-11H,5-9H2,1-4H3/b12-10-. The maximum Gasteiger partial charge on any atom is 0.241 e. The summed E-state index contributed by atoms with van der Waals surface area (Å²) in [7, 11) is -1.65. The molecule has 1 heterocycles. The van der Waals surface area contributed by atoms with Crippen LogP contribution in [-0.2, 0) is 4.43 Å². The van der Waals surface area contributed by atoms with E-state index in [4.69, 9.17) is 4.43 Å². The molecule has 4 heteroatoms. The van der Waals surface area contributed by atoms with Gasteiger partial charge < -0.3 is 4.43 Å². The molecule has 1 rings (SSSR count). The lowest BCUT2D eigenvalue weighted by atomic mass is 10.1. The van der Waals surface area contributed by atoms with Gasteiger partial charge in [-0.05, 0) is 52.5 Å². The van der Waals surface area contributed by atoms with E-state index >= 15 is 0 Å². The Morgan fingerprint density at radius 1 is 1.25 bits per heavy atom. The van der Waals surface area contributed by atoms with Crippen LogP contribution in [0.15, 0.2) is 12.1 Å². The van der Waals surface area contributed by atoms with Crippen molar-refractivity contribution in [3.05, 3.63) is 12.1 Å². The zero-order valence-electron chi connectivity index (χ0n) is 10.9. The zero-order valence-corrected chi connectivity index (χ0v) is 11.9. The minimum atomic E-state index is -1.65. The molecule has 2 nitrogen and oxygen atoms in total. The predicted molar refractivity (Wildman–Crippen MR) is 68.5 cm³/mol. The number of hydrogen-bond donors (Lipinski definition) is 0. The molecule has 0 amide bonds. The summed E-state index contributed by atoms with van der Waals surface area (Å²) < 4.78 is 19.3. The number of hydrogen-bond acceptors (Lipinski definition) is 2. The van der Waals surface area contributed by atoms with Crippen LogP contribution in [0.2, 0.25) is 19.6 Å². The van der Waals surface area contributed by atoms with Crippen LogP contribution in [0.25, 0.3) is 0 Å². The third kappa shape index (κ3) is 4.66. The van der Waals surface area contributed by atoms with Crippen LogP contribution >= 0.6 is 0 Å². The molecule has 0 bridgehead atoms. The first-order chi connectivity index (χ1) is 7.40. The predicted octanol–water partition coefficient (Wildman–Crippen LogP) is 3.52. The van der Waals surface area contributed by atoms with Crippen molar-refractivity contribution in [1.29, 1.82) is 0 Å². The van der Waals surface area contributed by atoms with Gasteiger partial charge >= 0.3 is 0 Å². The van der Waals surface area contributed by atoms with Crippen LogP contribution in [0.1, 0.15) is 26.2 Å². The van der Waals surface area contributed by atoms with Crippen molar-refractivity contribution in [1.82, 2.24) is 4.90 Å². The van der Waals surface area contributed by atoms with E-state index in [1.54, 1.807) is 0 Å². The van der Waals surface area contributed by atoms with Gasteiger partial charge in [0.2, 0.25) is 8.32 Å². The molecule has 1 saturated heterocycles. The van der Waals surface area contributed by atoms with Gasteiger partial charge in [0.25, 0.3) is 0 Å². The van der Waals surface area contributed by atoms with Crippen molar-refractivity contribution in [3.8, 4) is 0 Å². The van der Waals surface area contributed by atoms with Crippen molar-refractivity contribution in [2.24, 2.45) is 0 Å². The number of nitrogens with zero attached hydrogens (tertiary/aromatic N) is 1. The molecule has 0 spiro atoms. The number of rotatable bonds is 4. The third-order valence-corrected chi connectivity index (χ3v) is 3.69. The topological polar surface area (TPSA) is 12.5 Å². The van der Waals surface area contributed by atoms with Crippen LogP contribution in [0.4, 0.5) is 4.39 Å². The van der Waals surface area contributed by atoms with Gasteiger partial charge in [-0.3, -0.25) is 4.90 Å². The number of likely N-dealkylation sites (tertiary alicyclic amines) is 1. The molecule has 1 atom stereocenters. The lowest BCUT2D eigenvalue weighted by molar-refractivity contribution is 0.174. The second-order valence-electron chi connectivity index (χ2n) is 5.51. The Morgan fingerprint density at radius 3 is 2.31 bits per heavy atom. The Kier molecular flexibility index (Phi) is 4.99. The molecule has 0 aromatic heterocycles. The van der Waals surface area contributed by atoms with Gasteiger partial charge in [-0.15, -0.1) is 0 Å². The van der Waals surface area contributed by atoms with Crippen molar-refractivity contribution in [2.75, 3.05) is 13.1 Å². The largest absolute Gasteiger partial charge is 0.548 e. The van der Waals surface area contributed by atoms with Crippen molar-refractivity contribution >= 4 is 8.32 Å². The van der Waals surface area contributed by atoms with Gasteiger partial charge in [-0.25, -0.2) is 4.39 Å². The first kappa shape index (κ1) is 13.7. The third-order valence-electron chi connectivity index (χ3n) is 2.86. The molecule has 94 valence electrons. The molecule has 16 heavy (non-hydrogen) atoms. The summed E-state index contributed by atoms with van der Waals surface area (Å²) in [6.45, 7) is 10.1. The van der Waals surface area contributed by atoms with Crippen LogP contribution in [0, 0.1) is 0 Å². The van der Waals surface area contributed by atoms with E-state index in [0.29, 0.717) is 0 Å². The summed E-state index contributed by atoms with van der Waals surface area (Å²) >= 11 is 0. The normalized spacial score (nSPS) is 21.9. The molecule has 1 aliphatic rings. The van der Waals surface area contributed by atoms with Gasteiger partial charge in [0.15, 0.2) is 0 Å². The monoisotopic (exact) mass is 245 g/mol. The average Bonchev–Trinajstić information content (AvgIpc) is 2.25. The van der Waals surface area contributed by atoms with Gasteiger partial charge in [-0.2, -0.15) is 0 Å². The summed E-state index contributed by atoms with van der Waals surface area (Å²) in [5.41, 5.74) is 0. The van der Waals surface area contributed by atoms with E-state index in [0.717, 1.165) is 13.1 Å². The number of halogens is 1. The Balaban J connectivity index is 2.48. The Labute approximate surface area is 99.6 Å². The van der Waals surface area contributed by atoms with Crippen LogP contribution in [0.3, 0.4) is 0 Å². The Morgan fingerprint density at radius 2 is 1.81 bits per heavy atom. The molecular weight excluding hydrogens is 221 g/mol. The molecule has 0 aliphatic carbocycles. The highest BCUT2D eigenvalue weighted by atomic mass is 28.4. The molecule has 0 aromatic rings. The fourth-order valence-corrected chi connectivity index (χ4v) is 2.28. The summed E-state index contributed by atoms with van der Waals surface area (Å²) in [6.07, 6.45) is 4.99. The van der Waals surface area contributed by atoms with E-state index in [9.17, 15) is 4.39 Å². The minimum absolute atomic E-state index is 0.128. The fraction of sp³-hybridized carbons (Fsp3) is 0.833. The average molecular weight is 245 g/mol. The maximum absolute atomic E-state index is 13.8. The lowest BCUT2D eigenvalue weighted by Crippen LogP contribution is -2.38. The van der Waals surface area contributed by atoms with Crippen molar-refractivity contribution in [2.45, 2.75) is 51.9 Å². The highest BCUT2D eigenvalue weighted by Crippen LogP contribution is 2.18. The molecule has 0 N–H and O–H groups in total. The summed E-state index contributed by atoms with van der Waals surface area (Å²) in [5, 5.41) is 0. The molecule has 1 fully saturated rings. The SMILES string of the molecule is CC(/C(F)=C/O[Si](C)(C)C)N1CCCCC1. The number of piperidine rings is 1. The summed E-state index contributed by atoms with van der Waals surface area (Å²) in [6, 6.07) is -0.128. The summed E-state index contributed by atoms with van der Waals surface area (Å²) in [4.78, 5) is 2.20. The van der Waals surface area contributed by atoms with Crippen LogP contribution in [0.5, 0.6) is 0 Å². The maximum atomic E-state index is 13.8. The van der Waals surface area contributed by atoms with E-state index < -0.39 is 8.32 Å². The Bertz CT molecular complexity index is 244. The molecular formula is C12H24FNOSi. The van der Waals surface area contributed by atoms with Gasteiger partial charge in [0.1, 0.15) is 5.83 Å². The van der Waals surface area contributed by atoms with Crippen LogP contribution < -0.4 is 0 Å². The van der Waals surface area contributed by atoms with Crippen molar-refractivity contribution in [3.63, 3.8) is 0 Å².